The van der Waals surface area contributed by atoms with Crippen LogP contribution >= 0.6 is 0 Å². The van der Waals surface area contributed by atoms with Gasteiger partial charge in [0.2, 0.25) is 5.91 Å². The molecular weight excluding hydrogens is 290 g/mol. The number of nitrogens with one attached hydrogen (secondary N) is 1. The Morgan fingerprint density at radius 1 is 1.00 bits per heavy atom. The Hall–Kier alpha value is -2.49. The molecule has 4 nitrogen and oxygen atoms in total. The van der Waals surface area contributed by atoms with Gasteiger partial charge in [0, 0.05) is 12.1 Å². The van der Waals surface area contributed by atoms with Gasteiger partial charge in [0.05, 0.1) is 20.6 Å². The number of amides is 1. The van der Waals surface area contributed by atoms with Gasteiger partial charge in [-0.3, -0.25) is 4.79 Å². The molecule has 0 radical (unpaired) electrons. The Morgan fingerprint density at radius 2 is 1.65 bits per heavy atom. The second-order valence-electron chi connectivity index (χ2n) is 5.57. The number of aryl methyl sites for hydroxylation is 2. The van der Waals surface area contributed by atoms with Crippen LogP contribution in [-0.4, -0.2) is 20.1 Å². The molecule has 4 heteroatoms. The fraction of sp³-hybridized carbons (Fsp3) is 0.316. The van der Waals surface area contributed by atoms with Crippen molar-refractivity contribution < 1.29 is 14.3 Å². The third-order valence-corrected chi connectivity index (χ3v) is 3.76. The van der Waals surface area contributed by atoms with E-state index in [4.69, 9.17) is 9.47 Å². The second-order valence-corrected chi connectivity index (χ2v) is 5.57. The zero-order valence-corrected chi connectivity index (χ0v) is 14.1. The Balaban J connectivity index is 2.02. The molecule has 23 heavy (non-hydrogen) atoms. The van der Waals surface area contributed by atoms with E-state index in [0.717, 1.165) is 28.2 Å². The van der Waals surface area contributed by atoms with Crippen molar-refractivity contribution in [2.75, 3.05) is 14.2 Å². The van der Waals surface area contributed by atoms with Crippen LogP contribution in [0.3, 0.4) is 0 Å². The Bertz CT molecular complexity index is 678. The lowest BCUT2D eigenvalue weighted by molar-refractivity contribution is -0.120. The minimum absolute atomic E-state index is 0.0181. The molecule has 0 saturated carbocycles. The highest BCUT2D eigenvalue weighted by Crippen LogP contribution is 2.28. The standard InChI is InChI=1S/C19H23NO3/c1-13-5-7-15(8-6-13)10-19(21)20-12-16-11-17(22-3)14(2)9-18(16)23-4/h5-9,11H,10,12H2,1-4H3,(H,20,21). The van der Waals surface area contributed by atoms with E-state index in [1.54, 1.807) is 14.2 Å². The van der Waals surface area contributed by atoms with E-state index in [9.17, 15) is 4.79 Å². The fourth-order valence-electron chi connectivity index (χ4n) is 2.40. The van der Waals surface area contributed by atoms with Gasteiger partial charge in [-0.05, 0) is 37.1 Å². The zero-order valence-electron chi connectivity index (χ0n) is 14.1. The molecule has 0 aromatic heterocycles. The molecule has 0 heterocycles. The van der Waals surface area contributed by atoms with Crippen LogP contribution in [0.25, 0.3) is 0 Å². The lowest BCUT2D eigenvalue weighted by Gasteiger charge is -2.13. The van der Waals surface area contributed by atoms with Gasteiger partial charge < -0.3 is 14.8 Å². The number of benzene rings is 2. The van der Waals surface area contributed by atoms with Gasteiger partial charge >= 0.3 is 0 Å². The van der Waals surface area contributed by atoms with Crippen molar-refractivity contribution in [2.45, 2.75) is 26.8 Å². The highest BCUT2D eigenvalue weighted by Gasteiger charge is 2.10. The molecular formula is C19H23NO3. The molecule has 1 amide bonds. The maximum absolute atomic E-state index is 12.1. The second kappa shape index (κ2) is 7.68. The first kappa shape index (κ1) is 16.9. The lowest BCUT2D eigenvalue weighted by atomic mass is 10.1. The monoisotopic (exact) mass is 313 g/mol. The predicted molar refractivity (Wildman–Crippen MR) is 91.0 cm³/mol. The van der Waals surface area contributed by atoms with Crippen molar-refractivity contribution in [2.24, 2.45) is 0 Å². The summed E-state index contributed by atoms with van der Waals surface area (Å²) in [5, 5.41) is 2.93. The van der Waals surface area contributed by atoms with E-state index in [1.165, 1.54) is 5.56 Å². The number of carbonyl (C=O) groups excluding carboxylic acids is 1. The molecule has 0 aliphatic carbocycles. The number of hydrogen-bond donors (Lipinski definition) is 1. The van der Waals surface area contributed by atoms with Crippen LogP contribution in [0.2, 0.25) is 0 Å². The van der Waals surface area contributed by atoms with Gasteiger partial charge in [0.15, 0.2) is 0 Å². The number of hydrogen-bond acceptors (Lipinski definition) is 3. The Kier molecular flexibility index (Phi) is 5.63. The summed E-state index contributed by atoms with van der Waals surface area (Å²) in [4.78, 5) is 12.1. The van der Waals surface area contributed by atoms with E-state index >= 15 is 0 Å². The normalized spacial score (nSPS) is 10.3. The highest BCUT2D eigenvalue weighted by atomic mass is 16.5. The first-order valence-electron chi connectivity index (χ1n) is 7.57. The van der Waals surface area contributed by atoms with E-state index in [1.807, 2.05) is 50.2 Å². The molecule has 0 atom stereocenters. The third-order valence-electron chi connectivity index (χ3n) is 3.76. The number of carbonyl (C=O) groups is 1. The summed E-state index contributed by atoms with van der Waals surface area (Å²) >= 11 is 0. The predicted octanol–water partition coefficient (Wildman–Crippen LogP) is 3.18. The van der Waals surface area contributed by atoms with Crippen LogP contribution in [0.15, 0.2) is 36.4 Å². The van der Waals surface area contributed by atoms with Crippen molar-refractivity contribution in [3.8, 4) is 11.5 Å². The first-order chi connectivity index (χ1) is 11.0. The number of rotatable bonds is 6. The molecule has 122 valence electrons. The summed E-state index contributed by atoms with van der Waals surface area (Å²) in [5.41, 5.74) is 4.08. The molecule has 0 fully saturated rings. The molecule has 1 N–H and O–H groups in total. The molecule has 0 saturated heterocycles. The van der Waals surface area contributed by atoms with Gasteiger partial charge in [-0.2, -0.15) is 0 Å². The zero-order chi connectivity index (χ0) is 16.8. The van der Waals surface area contributed by atoms with Crippen LogP contribution in [0.5, 0.6) is 11.5 Å². The lowest BCUT2D eigenvalue weighted by Crippen LogP contribution is -2.24. The molecule has 0 unspecified atom stereocenters. The largest absolute Gasteiger partial charge is 0.496 e. The highest BCUT2D eigenvalue weighted by molar-refractivity contribution is 5.78. The van der Waals surface area contributed by atoms with Gasteiger partial charge in [-0.15, -0.1) is 0 Å². The van der Waals surface area contributed by atoms with Crippen LogP contribution in [0.1, 0.15) is 22.3 Å². The quantitative estimate of drug-likeness (QED) is 0.891. The van der Waals surface area contributed by atoms with Crippen LogP contribution in [0, 0.1) is 13.8 Å². The maximum Gasteiger partial charge on any atom is 0.224 e. The fourth-order valence-corrected chi connectivity index (χ4v) is 2.40. The van der Waals surface area contributed by atoms with Crippen molar-refractivity contribution >= 4 is 5.91 Å². The Labute approximate surface area is 137 Å². The summed E-state index contributed by atoms with van der Waals surface area (Å²) < 4.78 is 10.7. The summed E-state index contributed by atoms with van der Waals surface area (Å²) in [7, 11) is 3.26. The van der Waals surface area contributed by atoms with E-state index in [2.05, 4.69) is 5.32 Å². The van der Waals surface area contributed by atoms with Crippen molar-refractivity contribution in [3.63, 3.8) is 0 Å². The minimum Gasteiger partial charge on any atom is -0.496 e. The van der Waals surface area contributed by atoms with E-state index in [0.29, 0.717) is 13.0 Å². The van der Waals surface area contributed by atoms with Crippen LogP contribution in [0.4, 0.5) is 0 Å². The van der Waals surface area contributed by atoms with Gasteiger partial charge in [0.25, 0.3) is 0 Å². The van der Waals surface area contributed by atoms with Gasteiger partial charge in [0.1, 0.15) is 11.5 Å². The van der Waals surface area contributed by atoms with Crippen molar-refractivity contribution in [1.82, 2.24) is 5.32 Å². The molecule has 2 aromatic carbocycles. The molecule has 0 aliphatic heterocycles. The van der Waals surface area contributed by atoms with E-state index in [-0.39, 0.29) is 5.91 Å². The number of methoxy groups -OCH3 is 2. The van der Waals surface area contributed by atoms with Crippen LogP contribution < -0.4 is 14.8 Å². The molecule has 2 rings (SSSR count). The third kappa shape index (κ3) is 4.49. The summed E-state index contributed by atoms with van der Waals surface area (Å²) in [6.45, 7) is 4.40. The SMILES string of the molecule is COc1cc(CNC(=O)Cc2ccc(C)cc2)c(OC)cc1C. The van der Waals surface area contributed by atoms with Gasteiger partial charge in [-0.1, -0.05) is 29.8 Å². The molecule has 0 aliphatic rings. The number of ether oxygens (including phenoxy) is 2. The van der Waals surface area contributed by atoms with Crippen molar-refractivity contribution in [1.29, 1.82) is 0 Å². The minimum atomic E-state index is -0.0181. The van der Waals surface area contributed by atoms with Gasteiger partial charge in [-0.25, -0.2) is 0 Å². The van der Waals surface area contributed by atoms with Crippen LogP contribution in [-0.2, 0) is 17.8 Å². The van der Waals surface area contributed by atoms with E-state index < -0.39 is 0 Å². The summed E-state index contributed by atoms with van der Waals surface area (Å²) in [6.07, 6.45) is 0.367. The Morgan fingerprint density at radius 3 is 2.26 bits per heavy atom. The molecule has 2 aromatic rings. The average Bonchev–Trinajstić information content (AvgIpc) is 2.55. The van der Waals surface area contributed by atoms with Crippen molar-refractivity contribution in [3.05, 3.63) is 58.7 Å². The molecule has 0 bridgehead atoms. The smallest absolute Gasteiger partial charge is 0.224 e. The maximum atomic E-state index is 12.1. The summed E-state index contributed by atoms with van der Waals surface area (Å²) in [6, 6.07) is 11.8. The first-order valence-corrected chi connectivity index (χ1v) is 7.57. The summed E-state index contributed by atoms with van der Waals surface area (Å²) in [5.74, 6) is 1.52. The topological polar surface area (TPSA) is 47.6 Å². The molecule has 0 spiro atoms. The average molecular weight is 313 g/mol.